The molecule has 0 aliphatic heterocycles. The van der Waals surface area contributed by atoms with E-state index in [0.717, 1.165) is 5.56 Å². The molecule has 0 bridgehead atoms. The fraction of sp³-hybridized carbons (Fsp3) is 0.438. The Kier molecular flexibility index (Phi) is 8.56. The molecule has 0 aliphatic carbocycles. The summed E-state index contributed by atoms with van der Waals surface area (Å²) in [5.41, 5.74) is 0.742. The molecule has 0 heterocycles. The van der Waals surface area contributed by atoms with Gasteiger partial charge in [0.1, 0.15) is 0 Å². The van der Waals surface area contributed by atoms with Gasteiger partial charge in [0, 0.05) is 12.6 Å². The van der Waals surface area contributed by atoms with Gasteiger partial charge in [0.2, 0.25) is 11.7 Å². The third-order valence-corrected chi connectivity index (χ3v) is 2.90. The van der Waals surface area contributed by atoms with E-state index in [1.54, 1.807) is 18.2 Å². The Labute approximate surface area is 135 Å². The van der Waals surface area contributed by atoms with Crippen molar-refractivity contribution in [3.63, 3.8) is 0 Å². The molecule has 1 rings (SSSR count). The maximum atomic E-state index is 11.7. The summed E-state index contributed by atoms with van der Waals surface area (Å²) < 4.78 is 20.8. The second kappa shape index (κ2) is 10.5. The highest BCUT2D eigenvalue weighted by molar-refractivity contribution is 5.91. The van der Waals surface area contributed by atoms with Crippen LogP contribution in [0.2, 0.25) is 0 Å². The standard InChI is InChI=1S/C16H23NO6/c1-20-13-10-12(11-14(21-2)16(13)22-3)4-5-15(19)17-6-8-23-9-7-18/h4-5,10-11,18H,6-9H2,1-3H3,(H,17,19). The van der Waals surface area contributed by atoms with Crippen LogP contribution in [0.4, 0.5) is 0 Å². The molecule has 2 N–H and O–H groups in total. The zero-order valence-electron chi connectivity index (χ0n) is 13.6. The first-order chi connectivity index (χ1) is 11.2. The molecule has 7 heteroatoms. The van der Waals surface area contributed by atoms with Crippen LogP contribution >= 0.6 is 0 Å². The molecule has 1 aromatic rings. The summed E-state index contributed by atoms with van der Waals surface area (Å²) in [4.78, 5) is 11.7. The summed E-state index contributed by atoms with van der Waals surface area (Å²) in [5.74, 6) is 1.29. The van der Waals surface area contributed by atoms with Gasteiger partial charge in [0.15, 0.2) is 11.5 Å². The van der Waals surface area contributed by atoms with Gasteiger partial charge < -0.3 is 29.4 Å². The molecule has 0 saturated heterocycles. The van der Waals surface area contributed by atoms with E-state index in [9.17, 15) is 4.79 Å². The molecule has 128 valence electrons. The molecule has 0 fully saturated rings. The average Bonchev–Trinajstić information content (AvgIpc) is 2.58. The van der Waals surface area contributed by atoms with Crippen molar-refractivity contribution in [1.82, 2.24) is 5.32 Å². The normalized spacial score (nSPS) is 10.6. The lowest BCUT2D eigenvalue weighted by Gasteiger charge is -2.12. The summed E-state index contributed by atoms with van der Waals surface area (Å²) in [5, 5.41) is 11.2. The number of benzene rings is 1. The molecule has 7 nitrogen and oxygen atoms in total. The summed E-state index contributed by atoms with van der Waals surface area (Å²) in [7, 11) is 4.59. The maximum absolute atomic E-state index is 11.7. The lowest BCUT2D eigenvalue weighted by Crippen LogP contribution is -2.25. The molecule has 1 amide bonds. The van der Waals surface area contributed by atoms with Crippen LogP contribution in [0.1, 0.15) is 5.56 Å². The van der Waals surface area contributed by atoms with E-state index in [-0.39, 0.29) is 19.1 Å². The van der Waals surface area contributed by atoms with E-state index in [2.05, 4.69) is 5.32 Å². The first-order valence-electron chi connectivity index (χ1n) is 7.10. The number of aliphatic hydroxyl groups is 1. The van der Waals surface area contributed by atoms with E-state index >= 15 is 0 Å². The van der Waals surface area contributed by atoms with Gasteiger partial charge in [0.05, 0.1) is 41.2 Å². The van der Waals surface area contributed by atoms with Gasteiger partial charge in [-0.2, -0.15) is 0 Å². The van der Waals surface area contributed by atoms with Crippen molar-refractivity contribution in [2.75, 3.05) is 47.7 Å². The van der Waals surface area contributed by atoms with Gasteiger partial charge >= 0.3 is 0 Å². The summed E-state index contributed by atoms with van der Waals surface area (Å²) in [6.45, 7) is 0.953. The summed E-state index contributed by atoms with van der Waals surface area (Å²) in [6.07, 6.45) is 3.06. The minimum Gasteiger partial charge on any atom is -0.493 e. The molecular formula is C16H23NO6. The van der Waals surface area contributed by atoms with Crippen molar-refractivity contribution in [3.05, 3.63) is 23.8 Å². The van der Waals surface area contributed by atoms with Crippen LogP contribution in [0.3, 0.4) is 0 Å². The highest BCUT2D eigenvalue weighted by atomic mass is 16.5. The molecule has 0 aromatic heterocycles. The summed E-state index contributed by atoms with van der Waals surface area (Å²) in [6, 6.07) is 3.49. The molecule has 0 spiro atoms. The minimum atomic E-state index is -0.244. The van der Waals surface area contributed by atoms with Crippen LogP contribution in [0.15, 0.2) is 18.2 Å². The van der Waals surface area contributed by atoms with Gasteiger partial charge in [-0.05, 0) is 23.8 Å². The first-order valence-corrected chi connectivity index (χ1v) is 7.10. The van der Waals surface area contributed by atoms with Crippen LogP contribution in [-0.2, 0) is 9.53 Å². The number of hydrogen-bond acceptors (Lipinski definition) is 6. The number of carbonyl (C=O) groups excluding carboxylic acids is 1. The van der Waals surface area contributed by atoms with Crippen molar-refractivity contribution >= 4 is 12.0 Å². The van der Waals surface area contributed by atoms with E-state index in [1.165, 1.54) is 27.4 Å². The number of nitrogens with one attached hydrogen (secondary N) is 1. The number of rotatable bonds is 10. The van der Waals surface area contributed by atoms with Crippen LogP contribution in [0, 0.1) is 0 Å². The summed E-state index contributed by atoms with van der Waals surface area (Å²) >= 11 is 0. The molecule has 0 unspecified atom stereocenters. The molecule has 0 radical (unpaired) electrons. The lowest BCUT2D eigenvalue weighted by molar-refractivity contribution is -0.116. The Hall–Kier alpha value is -2.25. The highest BCUT2D eigenvalue weighted by Crippen LogP contribution is 2.38. The maximum Gasteiger partial charge on any atom is 0.244 e. The van der Waals surface area contributed by atoms with E-state index < -0.39 is 0 Å². The molecule has 0 aliphatic rings. The predicted molar refractivity (Wildman–Crippen MR) is 86.0 cm³/mol. The molecule has 0 saturated carbocycles. The second-order valence-electron chi connectivity index (χ2n) is 4.42. The Balaban J connectivity index is 2.67. The van der Waals surface area contributed by atoms with Crippen molar-refractivity contribution in [3.8, 4) is 17.2 Å². The zero-order chi connectivity index (χ0) is 17.1. The highest BCUT2D eigenvalue weighted by Gasteiger charge is 2.12. The second-order valence-corrected chi connectivity index (χ2v) is 4.42. The Bertz CT molecular complexity index is 504. The average molecular weight is 325 g/mol. The first kappa shape index (κ1) is 18.8. The minimum absolute atomic E-state index is 0.0328. The molecule has 0 atom stereocenters. The fourth-order valence-electron chi connectivity index (χ4n) is 1.84. The van der Waals surface area contributed by atoms with Crippen molar-refractivity contribution in [2.24, 2.45) is 0 Å². The van der Waals surface area contributed by atoms with Crippen LogP contribution < -0.4 is 19.5 Å². The van der Waals surface area contributed by atoms with Gasteiger partial charge in [0.25, 0.3) is 0 Å². The Morgan fingerprint density at radius 1 is 1.13 bits per heavy atom. The topological polar surface area (TPSA) is 86.3 Å². The molecule has 23 heavy (non-hydrogen) atoms. The Morgan fingerprint density at radius 3 is 2.30 bits per heavy atom. The number of hydrogen-bond donors (Lipinski definition) is 2. The SMILES string of the molecule is COc1cc(C=CC(=O)NCCOCCO)cc(OC)c1OC. The zero-order valence-corrected chi connectivity index (χ0v) is 13.6. The number of aliphatic hydroxyl groups excluding tert-OH is 1. The lowest BCUT2D eigenvalue weighted by atomic mass is 10.1. The smallest absolute Gasteiger partial charge is 0.244 e. The van der Waals surface area contributed by atoms with Gasteiger partial charge in [-0.25, -0.2) is 0 Å². The van der Waals surface area contributed by atoms with E-state index in [0.29, 0.717) is 30.4 Å². The van der Waals surface area contributed by atoms with Gasteiger partial charge in [-0.3, -0.25) is 4.79 Å². The monoisotopic (exact) mass is 325 g/mol. The molecule has 1 aromatic carbocycles. The van der Waals surface area contributed by atoms with E-state index in [4.69, 9.17) is 24.1 Å². The van der Waals surface area contributed by atoms with Crippen molar-refractivity contribution in [1.29, 1.82) is 0 Å². The third-order valence-electron chi connectivity index (χ3n) is 2.90. The fourth-order valence-corrected chi connectivity index (χ4v) is 1.84. The van der Waals surface area contributed by atoms with Crippen LogP contribution in [-0.4, -0.2) is 58.7 Å². The number of amides is 1. The van der Waals surface area contributed by atoms with Gasteiger partial charge in [-0.1, -0.05) is 0 Å². The number of ether oxygens (including phenoxy) is 4. The van der Waals surface area contributed by atoms with Gasteiger partial charge in [-0.15, -0.1) is 0 Å². The largest absolute Gasteiger partial charge is 0.493 e. The van der Waals surface area contributed by atoms with E-state index in [1.807, 2.05) is 0 Å². The van der Waals surface area contributed by atoms with Crippen molar-refractivity contribution < 1.29 is 28.8 Å². The third kappa shape index (κ3) is 6.17. The van der Waals surface area contributed by atoms with Crippen molar-refractivity contribution in [2.45, 2.75) is 0 Å². The number of carbonyl (C=O) groups is 1. The number of methoxy groups -OCH3 is 3. The molecular weight excluding hydrogens is 302 g/mol. The van der Waals surface area contributed by atoms with Crippen LogP contribution in [0.5, 0.6) is 17.2 Å². The van der Waals surface area contributed by atoms with Crippen LogP contribution in [0.25, 0.3) is 6.08 Å². The quantitative estimate of drug-likeness (QED) is 0.490. The predicted octanol–water partition coefficient (Wildman–Crippen LogP) is 0.851. The Morgan fingerprint density at radius 2 is 1.78 bits per heavy atom.